The lowest BCUT2D eigenvalue weighted by Gasteiger charge is -2.24. The summed E-state index contributed by atoms with van der Waals surface area (Å²) in [5, 5.41) is 3.59. The molecule has 1 saturated carbocycles. The molecule has 2 nitrogen and oxygen atoms in total. The maximum absolute atomic E-state index is 6.31. The van der Waals surface area contributed by atoms with Crippen LogP contribution in [0.25, 0.3) is 0 Å². The summed E-state index contributed by atoms with van der Waals surface area (Å²) in [6.45, 7) is 4.31. The van der Waals surface area contributed by atoms with Crippen molar-refractivity contribution in [3.8, 4) is 0 Å². The fourth-order valence-corrected chi connectivity index (χ4v) is 3.17. The molecular weight excluding hydrogens is 207 g/mol. The maximum atomic E-state index is 6.31. The van der Waals surface area contributed by atoms with Crippen LogP contribution in [0.2, 0.25) is 5.31 Å². The van der Waals surface area contributed by atoms with Crippen LogP contribution >= 0.6 is 0 Å². The van der Waals surface area contributed by atoms with Crippen molar-refractivity contribution in [2.24, 2.45) is 4.99 Å². The Labute approximate surface area is 107 Å². The third-order valence-electron chi connectivity index (χ3n) is 4.23. The van der Waals surface area contributed by atoms with E-state index in [1.165, 1.54) is 51.4 Å². The molecule has 3 heteroatoms. The summed E-state index contributed by atoms with van der Waals surface area (Å²) < 4.78 is 0. The van der Waals surface area contributed by atoms with Crippen LogP contribution in [0.3, 0.4) is 0 Å². The Morgan fingerprint density at radius 3 is 2.53 bits per heavy atom. The molecule has 1 fully saturated rings. The van der Waals surface area contributed by atoms with Crippen molar-refractivity contribution in [3.05, 3.63) is 0 Å². The zero-order valence-corrected chi connectivity index (χ0v) is 11.3. The SMILES string of the molecule is [B]C1(C)CCCCC2N=C(C)NC2CCCC1. The standard InChI is InChI=1S/C14H25BN2/c1-11-16-12-7-3-5-9-14(2,15)10-6-4-8-13(12)17-11/h12-13H,3-10H2,1-2H3,(H,16,17). The van der Waals surface area contributed by atoms with Crippen molar-refractivity contribution >= 4 is 13.7 Å². The van der Waals surface area contributed by atoms with Crippen LogP contribution in [-0.4, -0.2) is 25.8 Å². The summed E-state index contributed by atoms with van der Waals surface area (Å²) in [5.41, 5.74) is 0. The Hall–Kier alpha value is -0.465. The van der Waals surface area contributed by atoms with E-state index in [0.29, 0.717) is 12.1 Å². The Bertz CT molecular complexity index is 286. The molecule has 0 aromatic rings. The first kappa shape index (κ1) is 13.0. The molecule has 1 aliphatic carbocycles. The maximum Gasteiger partial charge on any atom is 0.0938 e. The lowest BCUT2D eigenvalue weighted by molar-refractivity contribution is 0.444. The number of hydrogen-bond donors (Lipinski definition) is 1. The molecule has 1 aliphatic heterocycles. The molecule has 2 rings (SSSR count). The number of nitrogens with zero attached hydrogens (tertiary/aromatic N) is 1. The third kappa shape index (κ3) is 3.75. The van der Waals surface area contributed by atoms with Gasteiger partial charge in [-0.1, -0.05) is 50.8 Å². The normalized spacial score (nSPS) is 39.8. The fourth-order valence-electron chi connectivity index (χ4n) is 3.17. The van der Waals surface area contributed by atoms with Crippen molar-refractivity contribution < 1.29 is 0 Å². The van der Waals surface area contributed by atoms with Crippen molar-refractivity contribution in [1.29, 1.82) is 0 Å². The van der Waals surface area contributed by atoms with E-state index in [2.05, 4.69) is 19.2 Å². The van der Waals surface area contributed by atoms with Crippen LogP contribution in [0.1, 0.15) is 65.2 Å². The molecule has 3 unspecified atom stereocenters. The highest BCUT2D eigenvalue weighted by Crippen LogP contribution is 2.36. The van der Waals surface area contributed by atoms with Gasteiger partial charge in [-0.15, -0.1) is 0 Å². The molecule has 0 aromatic heterocycles. The molecule has 94 valence electrons. The van der Waals surface area contributed by atoms with Crippen molar-refractivity contribution in [2.45, 2.75) is 82.6 Å². The highest BCUT2D eigenvalue weighted by atomic mass is 15.1. The monoisotopic (exact) mass is 232 g/mol. The van der Waals surface area contributed by atoms with Crippen LogP contribution in [0, 0.1) is 0 Å². The number of nitrogens with one attached hydrogen (secondary N) is 1. The van der Waals surface area contributed by atoms with E-state index in [1.54, 1.807) is 0 Å². The van der Waals surface area contributed by atoms with Gasteiger partial charge in [0.1, 0.15) is 0 Å². The van der Waals surface area contributed by atoms with Crippen molar-refractivity contribution in [3.63, 3.8) is 0 Å². The van der Waals surface area contributed by atoms with Gasteiger partial charge in [-0.2, -0.15) is 0 Å². The first-order chi connectivity index (χ1) is 8.07. The van der Waals surface area contributed by atoms with Crippen LogP contribution < -0.4 is 5.32 Å². The molecule has 1 heterocycles. The molecular formula is C14H25BN2. The summed E-state index contributed by atoms with van der Waals surface area (Å²) in [4.78, 5) is 4.73. The summed E-state index contributed by atoms with van der Waals surface area (Å²) in [6, 6.07) is 1.12. The van der Waals surface area contributed by atoms with E-state index >= 15 is 0 Å². The molecule has 3 atom stereocenters. The smallest absolute Gasteiger partial charge is 0.0938 e. The molecule has 2 aliphatic rings. The number of rotatable bonds is 0. The van der Waals surface area contributed by atoms with Gasteiger partial charge in [-0.3, -0.25) is 4.99 Å². The Balaban J connectivity index is 1.92. The summed E-state index contributed by atoms with van der Waals surface area (Å²) in [5.74, 6) is 1.14. The van der Waals surface area contributed by atoms with E-state index < -0.39 is 0 Å². The zero-order chi connectivity index (χ0) is 12.3. The molecule has 0 spiro atoms. The van der Waals surface area contributed by atoms with Crippen LogP contribution in [-0.2, 0) is 0 Å². The first-order valence-electron chi connectivity index (χ1n) is 7.17. The highest BCUT2D eigenvalue weighted by molar-refractivity contribution is 6.14. The van der Waals surface area contributed by atoms with E-state index in [1.807, 2.05) is 0 Å². The van der Waals surface area contributed by atoms with E-state index in [4.69, 9.17) is 12.8 Å². The second kappa shape index (κ2) is 5.45. The zero-order valence-electron chi connectivity index (χ0n) is 11.3. The van der Waals surface area contributed by atoms with Gasteiger partial charge in [0.15, 0.2) is 0 Å². The molecule has 1 N–H and O–H groups in total. The lowest BCUT2D eigenvalue weighted by Crippen LogP contribution is -2.33. The van der Waals surface area contributed by atoms with E-state index in [-0.39, 0.29) is 5.31 Å². The predicted molar refractivity (Wildman–Crippen MR) is 74.9 cm³/mol. The van der Waals surface area contributed by atoms with E-state index in [9.17, 15) is 0 Å². The minimum Gasteiger partial charge on any atom is -0.369 e. The first-order valence-corrected chi connectivity index (χ1v) is 7.17. The van der Waals surface area contributed by atoms with Gasteiger partial charge in [-0.25, -0.2) is 0 Å². The van der Waals surface area contributed by atoms with Gasteiger partial charge in [0.2, 0.25) is 0 Å². The summed E-state index contributed by atoms with van der Waals surface area (Å²) in [6.07, 6.45) is 9.88. The number of hydrogen-bond acceptors (Lipinski definition) is 2. The number of aliphatic imine (C=N–C) groups is 1. The lowest BCUT2D eigenvalue weighted by atomic mass is 9.64. The van der Waals surface area contributed by atoms with Crippen LogP contribution in [0.15, 0.2) is 4.99 Å². The van der Waals surface area contributed by atoms with Crippen LogP contribution in [0.4, 0.5) is 0 Å². The van der Waals surface area contributed by atoms with Crippen molar-refractivity contribution in [1.82, 2.24) is 5.32 Å². The van der Waals surface area contributed by atoms with Gasteiger partial charge in [0.25, 0.3) is 0 Å². The number of amidine groups is 1. The summed E-state index contributed by atoms with van der Waals surface area (Å²) in [7, 11) is 6.31. The predicted octanol–water partition coefficient (Wildman–Crippen LogP) is 3.23. The fraction of sp³-hybridized carbons (Fsp3) is 0.929. The Morgan fingerprint density at radius 2 is 1.82 bits per heavy atom. The second-order valence-electron chi connectivity index (χ2n) is 6.18. The Kier molecular flexibility index (Phi) is 4.16. The van der Waals surface area contributed by atoms with Gasteiger partial charge in [-0.05, 0) is 19.8 Å². The summed E-state index contributed by atoms with van der Waals surface area (Å²) >= 11 is 0. The second-order valence-corrected chi connectivity index (χ2v) is 6.18. The topological polar surface area (TPSA) is 24.4 Å². The number of fused-ring (bicyclic) bond motifs is 1. The minimum absolute atomic E-state index is 0.0616. The average molecular weight is 232 g/mol. The van der Waals surface area contributed by atoms with E-state index in [0.717, 1.165) is 5.84 Å². The van der Waals surface area contributed by atoms with Crippen molar-refractivity contribution in [2.75, 3.05) is 0 Å². The molecule has 0 bridgehead atoms. The minimum atomic E-state index is 0.0616. The average Bonchev–Trinajstić information content (AvgIpc) is 2.59. The molecule has 0 amide bonds. The molecule has 2 radical (unpaired) electrons. The Morgan fingerprint density at radius 1 is 1.18 bits per heavy atom. The van der Waals surface area contributed by atoms with Gasteiger partial charge in [0.05, 0.1) is 19.7 Å². The quantitative estimate of drug-likeness (QED) is 0.637. The molecule has 0 aromatic carbocycles. The van der Waals surface area contributed by atoms with Gasteiger partial charge >= 0.3 is 0 Å². The largest absolute Gasteiger partial charge is 0.369 e. The molecule has 0 saturated heterocycles. The van der Waals surface area contributed by atoms with Gasteiger partial charge in [0, 0.05) is 6.04 Å². The molecule has 17 heavy (non-hydrogen) atoms. The van der Waals surface area contributed by atoms with Crippen LogP contribution in [0.5, 0.6) is 0 Å². The van der Waals surface area contributed by atoms with Gasteiger partial charge < -0.3 is 5.32 Å². The third-order valence-corrected chi connectivity index (χ3v) is 4.23. The highest BCUT2D eigenvalue weighted by Gasteiger charge is 2.27.